The molecule has 2 heterocycles. The first-order chi connectivity index (χ1) is 14.1. The molecule has 0 radical (unpaired) electrons. The van der Waals surface area contributed by atoms with Gasteiger partial charge in [0, 0.05) is 33.5 Å². The Morgan fingerprint density at radius 2 is 1.67 bits per heavy atom. The van der Waals surface area contributed by atoms with Gasteiger partial charge in [0.1, 0.15) is 16.9 Å². The minimum atomic E-state index is -0.691. The molecule has 0 aliphatic heterocycles. The predicted molar refractivity (Wildman–Crippen MR) is 114 cm³/mol. The molecule has 6 nitrogen and oxygen atoms in total. The zero-order valence-corrected chi connectivity index (χ0v) is 17.2. The number of halogens is 1. The molecule has 0 bridgehead atoms. The number of carbonyl (C=O) groups is 1. The second kappa shape index (κ2) is 7.15. The van der Waals surface area contributed by atoms with E-state index in [1.807, 2.05) is 0 Å². The number of ether oxygens (including phenoxy) is 1. The van der Waals surface area contributed by atoms with Crippen LogP contribution in [0, 0.1) is 5.41 Å². The van der Waals surface area contributed by atoms with E-state index in [4.69, 9.17) is 25.2 Å². The fraction of sp³-hybridized carbons (Fsp3) is 0.174. The maximum absolute atomic E-state index is 12.6. The van der Waals surface area contributed by atoms with Gasteiger partial charge >= 0.3 is 17.2 Å². The molecule has 0 amide bonds. The van der Waals surface area contributed by atoms with Crippen LogP contribution in [0.5, 0.6) is 5.75 Å². The van der Waals surface area contributed by atoms with Gasteiger partial charge in [-0.1, -0.05) is 11.6 Å². The average molecular weight is 425 g/mol. The number of esters is 1. The molecule has 0 spiro atoms. The van der Waals surface area contributed by atoms with E-state index >= 15 is 0 Å². The molecule has 0 unspecified atom stereocenters. The molecular formula is C23H17ClO6. The molecule has 152 valence electrons. The number of hydrogen-bond acceptors (Lipinski definition) is 6. The summed E-state index contributed by atoms with van der Waals surface area (Å²) in [6, 6.07) is 12.4. The van der Waals surface area contributed by atoms with E-state index in [-0.39, 0.29) is 16.9 Å². The highest BCUT2D eigenvalue weighted by Crippen LogP contribution is 2.31. The first-order valence-corrected chi connectivity index (χ1v) is 9.53. The van der Waals surface area contributed by atoms with E-state index in [0.717, 1.165) is 0 Å². The van der Waals surface area contributed by atoms with E-state index < -0.39 is 22.6 Å². The SMILES string of the molecule is CC(C)(C)C(=O)Oc1ccc2c(-c3cc4cc(Cl)ccc4oc3=O)cc(=O)oc2c1. The van der Waals surface area contributed by atoms with Crippen LogP contribution in [0.25, 0.3) is 33.1 Å². The Balaban J connectivity index is 1.89. The van der Waals surface area contributed by atoms with Crippen molar-refractivity contribution in [3.05, 3.63) is 74.4 Å². The number of rotatable bonds is 2. The fourth-order valence-corrected chi connectivity index (χ4v) is 3.15. The largest absolute Gasteiger partial charge is 0.426 e. The standard InChI is InChI=1S/C23H17ClO6/c1-23(2,3)22(27)28-14-5-6-15-16(11-20(25)29-19(15)10-14)17-9-12-8-13(24)4-7-18(12)30-21(17)26/h4-11H,1-3H3. The smallest absolute Gasteiger partial charge is 0.344 e. The number of carbonyl (C=O) groups excluding carboxylic acids is 1. The Bertz CT molecular complexity index is 1420. The van der Waals surface area contributed by atoms with E-state index in [1.54, 1.807) is 57.2 Å². The van der Waals surface area contributed by atoms with Crippen molar-refractivity contribution >= 4 is 39.5 Å². The molecule has 0 saturated carbocycles. The Labute approximate surface area is 175 Å². The summed E-state index contributed by atoms with van der Waals surface area (Å²) in [6.07, 6.45) is 0. The molecule has 30 heavy (non-hydrogen) atoms. The van der Waals surface area contributed by atoms with Gasteiger partial charge in [-0.25, -0.2) is 9.59 Å². The van der Waals surface area contributed by atoms with Crippen LogP contribution in [0.2, 0.25) is 5.02 Å². The minimum absolute atomic E-state index is 0.183. The first-order valence-electron chi connectivity index (χ1n) is 9.16. The first kappa shape index (κ1) is 19.9. The highest BCUT2D eigenvalue weighted by Gasteiger charge is 2.24. The normalized spacial score (nSPS) is 11.7. The third-order valence-electron chi connectivity index (χ3n) is 4.52. The lowest BCUT2D eigenvalue weighted by Gasteiger charge is -2.16. The van der Waals surface area contributed by atoms with Crippen LogP contribution in [-0.4, -0.2) is 5.97 Å². The average Bonchev–Trinajstić information content (AvgIpc) is 2.66. The zero-order valence-electron chi connectivity index (χ0n) is 16.4. The highest BCUT2D eigenvalue weighted by atomic mass is 35.5. The van der Waals surface area contributed by atoms with Crippen LogP contribution in [0.15, 0.2) is 67.0 Å². The summed E-state index contributed by atoms with van der Waals surface area (Å²) in [5.41, 5.74) is -0.822. The predicted octanol–water partition coefficient (Wildman–Crippen LogP) is 5.17. The fourth-order valence-electron chi connectivity index (χ4n) is 2.97. The van der Waals surface area contributed by atoms with Gasteiger partial charge < -0.3 is 13.6 Å². The number of fused-ring (bicyclic) bond motifs is 2. The molecule has 0 atom stereocenters. The van der Waals surface area contributed by atoms with Crippen LogP contribution in [0.4, 0.5) is 0 Å². The zero-order chi connectivity index (χ0) is 21.6. The van der Waals surface area contributed by atoms with Crippen molar-refractivity contribution in [1.82, 2.24) is 0 Å². The van der Waals surface area contributed by atoms with E-state index in [2.05, 4.69) is 0 Å². The molecule has 2 aromatic carbocycles. The topological polar surface area (TPSA) is 86.7 Å². The minimum Gasteiger partial charge on any atom is -0.426 e. The summed E-state index contributed by atoms with van der Waals surface area (Å²) in [5, 5.41) is 1.61. The van der Waals surface area contributed by atoms with Crippen LogP contribution in [0.3, 0.4) is 0 Å². The van der Waals surface area contributed by atoms with Crippen molar-refractivity contribution in [2.24, 2.45) is 5.41 Å². The summed E-state index contributed by atoms with van der Waals surface area (Å²) in [5.74, 6) is -0.188. The van der Waals surface area contributed by atoms with Crippen molar-refractivity contribution in [2.75, 3.05) is 0 Å². The van der Waals surface area contributed by atoms with Gasteiger partial charge in [0.2, 0.25) is 0 Å². The number of hydrogen-bond donors (Lipinski definition) is 0. The lowest BCUT2D eigenvalue weighted by atomic mass is 9.97. The van der Waals surface area contributed by atoms with Crippen molar-refractivity contribution in [1.29, 1.82) is 0 Å². The molecule has 0 saturated heterocycles. The third kappa shape index (κ3) is 3.74. The van der Waals surface area contributed by atoms with Crippen molar-refractivity contribution in [3.63, 3.8) is 0 Å². The van der Waals surface area contributed by atoms with Gasteiger partial charge in [-0.2, -0.15) is 0 Å². The van der Waals surface area contributed by atoms with E-state index in [0.29, 0.717) is 26.9 Å². The lowest BCUT2D eigenvalue weighted by Crippen LogP contribution is -2.25. The quantitative estimate of drug-likeness (QED) is 0.250. The molecular weight excluding hydrogens is 408 g/mol. The van der Waals surface area contributed by atoms with Gasteiger partial charge in [-0.15, -0.1) is 0 Å². The molecule has 4 rings (SSSR count). The Morgan fingerprint density at radius 3 is 2.40 bits per heavy atom. The maximum atomic E-state index is 12.6. The van der Waals surface area contributed by atoms with Crippen molar-refractivity contribution in [3.8, 4) is 16.9 Å². The number of benzene rings is 2. The Morgan fingerprint density at radius 1 is 0.900 bits per heavy atom. The van der Waals surface area contributed by atoms with Gasteiger partial charge in [-0.3, -0.25) is 4.79 Å². The Kier molecular flexibility index (Phi) is 4.74. The lowest BCUT2D eigenvalue weighted by molar-refractivity contribution is -0.142. The summed E-state index contributed by atoms with van der Waals surface area (Å²) < 4.78 is 16.0. The summed E-state index contributed by atoms with van der Waals surface area (Å²) in [4.78, 5) is 36.9. The van der Waals surface area contributed by atoms with Gasteiger partial charge in [-0.05, 0) is 57.2 Å². The summed E-state index contributed by atoms with van der Waals surface area (Å²) in [7, 11) is 0. The van der Waals surface area contributed by atoms with Crippen LogP contribution in [0.1, 0.15) is 20.8 Å². The maximum Gasteiger partial charge on any atom is 0.344 e. The van der Waals surface area contributed by atoms with Crippen molar-refractivity contribution in [2.45, 2.75) is 20.8 Å². The van der Waals surface area contributed by atoms with Gasteiger partial charge in [0.15, 0.2) is 0 Å². The highest BCUT2D eigenvalue weighted by molar-refractivity contribution is 6.31. The summed E-state index contributed by atoms with van der Waals surface area (Å²) >= 11 is 6.04. The van der Waals surface area contributed by atoms with Crippen LogP contribution in [-0.2, 0) is 4.79 Å². The van der Waals surface area contributed by atoms with Gasteiger partial charge in [0.25, 0.3) is 0 Å². The third-order valence-corrected chi connectivity index (χ3v) is 4.76. The molecule has 0 N–H and O–H groups in total. The molecule has 2 aromatic heterocycles. The van der Waals surface area contributed by atoms with Crippen LogP contribution >= 0.6 is 11.6 Å². The second-order valence-corrected chi connectivity index (χ2v) is 8.34. The second-order valence-electron chi connectivity index (χ2n) is 7.91. The van der Waals surface area contributed by atoms with E-state index in [1.165, 1.54) is 12.1 Å². The molecule has 7 heteroatoms. The molecule has 0 fully saturated rings. The monoisotopic (exact) mass is 424 g/mol. The summed E-state index contributed by atoms with van der Waals surface area (Å²) in [6.45, 7) is 5.21. The Hall–Kier alpha value is -3.38. The molecule has 0 aliphatic carbocycles. The molecule has 4 aromatic rings. The van der Waals surface area contributed by atoms with E-state index in [9.17, 15) is 14.4 Å². The molecule has 0 aliphatic rings. The van der Waals surface area contributed by atoms with Crippen molar-refractivity contribution < 1.29 is 18.4 Å². The van der Waals surface area contributed by atoms with Gasteiger partial charge in [0.05, 0.1) is 11.0 Å². The van der Waals surface area contributed by atoms with Crippen LogP contribution < -0.4 is 16.0 Å².